The van der Waals surface area contributed by atoms with Gasteiger partial charge in [0, 0.05) is 11.8 Å². The number of aromatic nitrogens is 3. The standard InChI is InChI=1S/C12H6ClF2N3/c13-8-4-9(12-16-6-17-18(12)5-8)7-1-2-10(14)11(15)3-7/h1-6H. The Labute approximate surface area is 106 Å². The van der Waals surface area contributed by atoms with Gasteiger partial charge in [0.15, 0.2) is 17.3 Å². The minimum Gasteiger partial charge on any atom is -0.219 e. The molecule has 6 heteroatoms. The fraction of sp³-hybridized carbons (Fsp3) is 0. The number of fused-ring (bicyclic) bond motifs is 1. The minimum absolute atomic E-state index is 0.438. The van der Waals surface area contributed by atoms with E-state index < -0.39 is 11.6 Å². The zero-order chi connectivity index (χ0) is 12.7. The zero-order valence-corrected chi connectivity index (χ0v) is 9.70. The lowest BCUT2D eigenvalue weighted by molar-refractivity contribution is 0.509. The zero-order valence-electron chi connectivity index (χ0n) is 8.94. The SMILES string of the molecule is Fc1ccc(-c2cc(Cl)cn3ncnc23)cc1F. The molecule has 3 aromatic rings. The molecule has 18 heavy (non-hydrogen) atoms. The van der Waals surface area contributed by atoms with Gasteiger partial charge in [0.25, 0.3) is 0 Å². The second kappa shape index (κ2) is 4.03. The van der Waals surface area contributed by atoms with Crippen LogP contribution in [0.4, 0.5) is 8.78 Å². The number of hydrogen-bond acceptors (Lipinski definition) is 2. The van der Waals surface area contributed by atoms with Crippen molar-refractivity contribution in [2.24, 2.45) is 0 Å². The van der Waals surface area contributed by atoms with E-state index in [4.69, 9.17) is 11.6 Å². The van der Waals surface area contributed by atoms with Crippen LogP contribution in [0, 0.1) is 11.6 Å². The Hall–Kier alpha value is -2.01. The molecule has 0 unspecified atom stereocenters. The molecule has 0 spiro atoms. The first kappa shape index (κ1) is 11.1. The molecular formula is C12H6ClF2N3. The number of pyridine rings is 1. The highest BCUT2D eigenvalue weighted by atomic mass is 35.5. The van der Waals surface area contributed by atoms with E-state index in [0.29, 0.717) is 21.8 Å². The first-order valence-electron chi connectivity index (χ1n) is 5.09. The van der Waals surface area contributed by atoms with Crippen molar-refractivity contribution in [3.63, 3.8) is 0 Å². The Kier molecular flexibility index (Phi) is 2.48. The molecule has 0 fully saturated rings. The Balaban J connectivity index is 2.30. The number of rotatable bonds is 1. The summed E-state index contributed by atoms with van der Waals surface area (Å²) in [6.45, 7) is 0. The molecular weight excluding hydrogens is 260 g/mol. The third kappa shape index (κ3) is 1.73. The fourth-order valence-corrected chi connectivity index (χ4v) is 1.97. The summed E-state index contributed by atoms with van der Waals surface area (Å²) in [6.07, 6.45) is 2.96. The van der Waals surface area contributed by atoms with Crippen molar-refractivity contribution in [2.75, 3.05) is 0 Å². The number of hydrogen-bond donors (Lipinski definition) is 0. The van der Waals surface area contributed by atoms with E-state index in [2.05, 4.69) is 10.1 Å². The van der Waals surface area contributed by atoms with Crippen molar-refractivity contribution in [2.45, 2.75) is 0 Å². The lowest BCUT2D eigenvalue weighted by Gasteiger charge is -2.05. The van der Waals surface area contributed by atoms with Crippen LogP contribution in [0.1, 0.15) is 0 Å². The summed E-state index contributed by atoms with van der Waals surface area (Å²) in [6, 6.07) is 5.28. The van der Waals surface area contributed by atoms with Crippen LogP contribution in [0.5, 0.6) is 0 Å². The van der Waals surface area contributed by atoms with E-state index >= 15 is 0 Å². The van der Waals surface area contributed by atoms with Gasteiger partial charge in [0.05, 0.1) is 5.02 Å². The van der Waals surface area contributed by atoms with Gasteiger partial charge in [0.1, 0.15) is 6.33 Å². The maximum atomic E-state index is 13.2. The first-order valence-corrected chi connectivity index (χ1v) is 5.47. The predicted octanol–water partition coefficient (Wildman–Crippen LogP) is 3.33. The molecule has 2 heterocycles. The van der Waals surface area contributed by atoms with Gasteiger partial charge in [-0.05, 0) is 23.8 Å². The molecule has 0 saturated carbocycles. The van der Waals surface area contributed by atoms with E-state index in [1.807, 2.05) is 0 Å². The summed E-state index contributed by atoms with van der Waals surface area (Å²) in [5, 5.41) is 4.40. The monoisotopic (exact) mass is 265 g/mol. The average molecular weight is 266 g/mol. The Bertz CT molecular complexity index is 739. The van der Waals surface area contributed by atoms with Crippen LogP contribution in [0.15, 0.2) is 36.8 Å². The van der Waals surface area contributed by atoms with Gasteiger partial charge in [-0.3, -0.25) is 0 Å². The Morgan fingerprint density at radius 2 is 1.94 bits per heavy atom. The van der Waals surface area contributed by atoms with Crippen molar-refractivity contribution in [1.29, 1.82) is 0 Å². The molecule has 0 bridgehead atoms. The predicted molar refractivity (Wildman–Crippen MR) is 63.3 cm³/mol. The number of nitrogens with zero attached hydrogens (tertiary/aromatic N) is 3. The molecule has 0 aliphatic rings. The largest absolute Gasteiger partial charge is 0.219 e. The van der Waals surface area contributed by atoms with Crippen LogP contribution < -0.4 is 0 Å². The van der Waals surface area contributed by atoms with Gasteiger partial charge in [-0.2, -0.15) is 5.10 Å². The first-order chi connectivity index (χ1) is 8.65. The highest BCUT2D eigenvalue weighted by molar-refractivity contribution is 6.30. The van der Waals surface area contributed by atoms with E-state index in [1.165, 1.54) is 16.9 Å². The smallest absolute Gasteiger partial charge is 0.163 e. The molecule has 1 aromatic carbocycles. The Morgan fingerprint density at radius 3 is 2.72 bits per heavy atom. The van der Waals surface area contributed by atoms with Crippen molar-refractivity contribution in [3.8, 4) is 11.1 Å². The quantitative estimate of drug-likeness (QED) is 0.676. The van der Waals surface area contributed by atoms with Gasteiger partial charge in [-0.25, -0.2) is 18.3 Å². The highest BCUT2D eigenvalue weighted by Gasteiger charge is 2.10. The second-order valence-electron chi connectivity index (χ2n) is 3.73. The van der Waals surface area contributed by atoms with E-state index in [0.717, 1.165) is 12.1 Å². The topological polar surface area (TPSA) is 30.2 Å². The molecule has 0 atom stereocenters. The second-order valence-corrected chi connectivity index (χ2v) is 4.17. The lowest BCUT2D eigenvalue weighted by atomic mass is 10.1. The summed E-state index contributed by atoms with van der Waals surface area (Å²) in [7, 11) is 0. The molecule has 0 saturated heterocycles. The minimum atomic E-state index is -0.912. The molecule has 0 aliphatic carbocycles. The maximum absolute atomic E-state index is 13.2. The highest BCUT2D eigenvalue weighted by Crippen LogP contribution is 2.27. The Morgan fingerprint density at radius 1 is 1.11 bits per heavy atom. The number of benzene rings is 1. The van der Waals surface area contributed by atoms with Gasteiger partial charge in [0.2, 0.25) is 0 Å². The molecule has 0 aliphatic heterocycles. The van der Waals surface area contributed by atoms with E-state index in [1.54, 1.807) is 12.3 Å². The van der Waals surface area contributed by atoms with Crippen LogP contribution >= 0.6 is 11.6 Å². The molecule has 2 aromatic heterocycles. The van der Waals surface area contributed by atoms with Crippen LogP contribution in [0.2, 0.25) is 5.02 Å². The van der Waals surface area contributed by atoms with Gasteiger partial charge in [-0.15, -0.1) is 0 Å². The molecule has 0 radical (unpaired) electrons. The lowest BCUT2D eigenvalue weighted by Crippen LogP contribution is -1.92. The molecule has 0 amide bonds. The summed E-state index contributed by atoms with van der Waals surface area (Å²) in [5.74, 6) is -1.80. The van der Waals surface area contributed by atoms with E-state index in [-0.39, 0.29) is 0 Å². The van der Waals surface area contributed by atoms with Crippen molar-refractivity contribution >= 4 is 17.2 Å². The molecule has 90 valence electrons. The van der Waals surface area contributed by atoms with Gasteiger partial charge in [-0.1, -0.05) is 17.7 Å². The van der Waals surface area contributed by atoms with Crippen molar-refractivity contribution in [3.05, 3.63) is 53.4 Å². The van der Waals surface area contributed by atoms with Crippen LogP contribution in [0.25, 0.3) is 16.8 Å². The third-order valence-electron chi connectivity index (χ3n) is 2.57. The molecule has 3 rings (SSSR count). The third-order valence-corrected chi connectivity index (χ3v) is 2.78. The summed E-state index contributed by atoms with van der Waals surface area (Å²) in [5.41, 5.74) is 1.62. The molecule has 0 N–H and O–H groups in total. The summed E-state index contributed by atoms with van der Waals surface area (Å²) >= 11 is 5.95. The maximum Gasteiger partial charge on any atom is 0.163 e. The van der Waals surface area contributed by atoms with E-state index in [9.17, 15) is 8.78 Å². The van der Waals surface area contributed by atoms with Crippen molar-refractivity contribution < 1.29 is 8.78 Å². The average Bonchev–Trinajstić information content (AvgIpc) is 2.79. The van der Waals surface area contributed by atoms with Gasteiger partial charge < -0.3 is 0 Å². The summed E-state index contributed by atoms with van der Waals surface area (Å²) in [4.78, 5) is 4.07. The fourth-order valence-electron chi connectivity index (χ4n) is 1.77. The normalized spacial score (nSPS) is 11.1. The van der Waals surface area contributed by atoms with Crippen molar-refractivity contribution in [1.82, 2.24) is 14.6 Å². The molecule has 3 nitrogen and oxygen atoms in total. The summed E-state index contributed by atoms with van der Waals surface area (Å²) < 4.78 is 27.6. The van der Waals surface area contributed by atoms with Crippen LogP contribution in [-0.2, 0) is 0 Å². The van der Waals surface area contributed by atoms with Crippen LogP contribution in [0.3, 0.4) is 0 Å². The van der Waals surface area contributed by atoms with Gasteiger partial charge >= 0.3 is 0 Å². The number of halogens is 3. The van der Waals surface area contributed by atoms with Crippen LogP contribution in [-0.4, -0.2) is 14.6 Å².